The number of nitrogens with two attached hydrogens (primary N) is 2. The molecular weight excluding hydrogens is 338 g/mol. The van der Waals surface area contributed by atoms with Gasteiger partial charge in [0.1, 0.15) is 5.01 Å². The smallest absolute Gasteiger partial charge is 0.216 e. The highest BCUT2D eigenvalue weighted by Gasteiger charge is 2.49. The summed E-state index contributed by atoms with van der Waals surface area (Å²) in [5.41, 5.74) is 10.4. The molecule has 0 bridgehead atoms. The van der Waals surface area contributed by atoms with Crippen molar-refractivity contribution < 1.29 is 14.6 Å². The Morgan fingerprint density at radius 1 is 1.40 bits per heavy atom. The Labute approximate surface area is 154 Å². The summed E-state index contributed by atoms with van der Waals surface area (Å²) in [6.45, 7) is 4.29. The maximum Gasteiger partial charge on any atom is 0.216 e. The molecule has 3 atom stereocenters. The first-order valence-corrected chi connectivity index (χ1v) is 10.0. The minimum absolute atomic E-state index is 0.239. The minimum atomic E-state index is -1.90. The van der Waals surface area contributed by atoms with Gasteiger partial charge in [-0.25, -0.2) is 4.98 Å². The van der Waals surface area contributed by atoms with E-state index in [2.05, 4.69) is 4.98 Å². The highest BCUT2D eigenvalue weighted by molar-refractivity contribution is 7.09. The van der Waals surface area contributed by atoms with E-state index in [1.165, 1.54) is 30.6 Å². The minimum Gasteiger partial charge on any atom is -0.374 e. The molecule has 0 aliphatic heterocycles. The van der Waals surface area contributed by atoms with Crippen LogP contribution in [0.15, 0.2) is 11.6 Å². The van der Waals surface area contributed by atoms with Crippen molar-refractivity contribution >= 4 is 17.1 Å². The molecule has 5 N–H and O–H groups in total. The van der Waals surface area contributed by atoms with Crippen LogP contribution < -0.4 is 11.5 Å². The molecule has 142 valence electrons. The Morgan fingerprint density at radius 2 is 2.08 bits per heavy atom. The predicted molar refractivity (Wildman–Crippen MR) is 99.0 cm³/mol. The normalized spacial score (nSPS) is 21.0. The van der Waals surface area contributed by atoms with Crippen molar-refractivity contribution in [1.82, 2.24) is 4.98 Å². The van der Waals surface area contributed by atoms with Crippen LogP contribution >= 0.6 is 11.3 Å². The predicted octanol–water partition coefficient (Wildman–Crippen LogP) is 2.15. The molecule has 0 saturated heterocycles. The summed E-state index contributed by atoms with van der Waals surface area (Å²) < 4.78 is 5.44. The lowest BCUT2D eigenvalue weighted by molar-refractivity contribution is -0.154. The van der Waals surface area contributed by atoms with E-state index in [1.807, 2.05) is 13.8 Å². The van der Waals surface area contributed by atoms with E-state index >= 15 is 0 Å². The van der Waals surface area contributed by atoms with Crippen LogP contribution in [0.5, 0.6) is 0 Å². The number of ketones is 1. The Balaban J connectivity index is 2.16. The topological polar surface area (TPSA) is 111 Å². The molecule has 1 saturated carbocycles. The van der Waals surface area contributed by atoms with Crippen LogP contribution in [0.3, 0.4) is 0 Å². The Bertz CT molecular complexity index is 532. The van der Waals surface area contributed by atoms with Gasteiger partial charge in [0.25, 0.3) is 0 Å². The number of carbonyl (C=O) groups excluding carboxylic acids is 1. The Hall–Kier alpha value is -0.860. The largest absolute Gasteiger partial charge is 0.374 e. The Morgan fingerprint density at radius 3 is 2.64 bits per heavy atom. The number of carbonyl (C=O) groups is 1. The average molecular weight is 370 g/mol. The number of Topliss-reactive ketones (excluding diaryl/α,β-unsaturated/α-hetero) is 1. The van der Waals surface area contributed by atoms with Gasteiger partial charge >= 0.3 is 0 Å². The van der Waals surface area contributed by atoms with Gasteiger partial charge in [-0.05, 0) is 18.3 Å². The molecule has 0 aromatic carbocycles. The molecule has 2 rings (SSSR count). The maximum absolute atomic E-state index is 12.9. The quantitative estimate of drug-likeness (QED) is 0.575. The van der Waals surface area contributed by atoms with Crippen molar-refractivity contribution in [2.24, 2.45) is 23.3 Å². The summed E-state index contributed by atoms with van der Waals surface area (Å²) >= 11 is 1.22. The molecule has 1 aromatic heterocycles. The van der Waals surface area contributed by atoms with Gasteiger partial charge in [0.15, 0.2) is 11.8 Å². The van der Waals surface area contributed by atoms with Crippen molar-refractivity contribution in [2.45, 2.75) is 70.2 Å². The van der Waals surface area contributed by atoms with E-state index in [0.717, 1.165) is 12.8 Å². The number of hydrogen-bond donors (Lipinski definition) is 3. The third-order valence-electron chi connectivity index (χ3n) is 4.85. The van der Waals surface area contributed by atoms with E-state index < -0.39 is 23.7 Å². The number of thiazole rings is 1. The first-order valence-electron chi connectivity index (χ1n) is 9.15. The first kappa shape index (κ1) is 20.5. The summed E-state index contributed by atoms with van der Waals surface area (Å²) in [7, 11) is 0. The fourth-order valence-electron chi connectivity index (χ4n) is 3.40. The Kier molecular flexibility index (Phi) is 7.51. The first-order chi connectivity index (χ1) is 11.9. The molecule has 25 heavy (non-hydrogen) atoms. The second kappa shape index (κ2) is 9.19. The van der Waals surface area contributed by atoms with Crippen molar-refractivity contribution in [2.75, 3.05) is 6.61 Å². The van der Waals surface area contributed by atoms with Crippen LogP contribution in [0.4, 0.5) is 0 Å². The van der Waals surface area contributed by atoms with Gasteiger partial charge in [0.05, 0.1) is 6.61 Å². The van der Waals surface area contributed by atoms with Crippen molar-refractivity contribution in [3.63, 3.8) is 0 Å². The van der Waals surface area contributed by atoms with Crippen LogP contribution in [0.1, 0.15) is 57.4 Å². The van der Waals surface area contributed by atoms with Gasteiger partial charge in [-0.3, -0.25) is 10.5 Å². The zero-order chi connectivity index (χ0) is 18.4. The highest BCUT2D eigenvalue weighted by atomic mass is 32.1. The standard InChI is InChI=1S/C18H31N3O3S/c1-12(2)11-24-16(20)15(22)18(23,17-21-8-9-25-17)14(19)10-13-6-4-3-5-7-13/h8-9,12-14,16,23H,3-7,10-11,19-20H2,1-2H3/t14-,16?,18+/m0/s1. The fraction of sp³-hybridized carbons (Fsp3) is 0.778. The second-order valence-electron chi connectivity index (χ2n) is 7.46. The summed E-state index contributed by atoms with van der Waals surface area (Å²) in [4.78, 5) is 17.1. The van der Waals surface area contributed by atoms with E-state index in [9.17, 15) is 9.90 Å². The summed E-state index contributed by atoms with van der Waals surface area (Å²) in [5, 5.41) is 13.3. The van der Waals surface area contributed by atoms with E-state index in [4.69, 9.17) is 16.2 Å². The van der Waals surface area contributed by atoms with Crippen molar-refractivity contribution in [3.8, 4) is 0 Å². The van der Waals surface area contributed by atoms with Gasteiger partial charge in [-0.2, -0.15) is 0 Å². The SMILES string of the molecule is CC(C)COC(N)C(=O)[C@@](O)(c1nccs1)[C@@H](N)CC1CCCCC1. The van der Waals surface area contributed by atoms with Crippen molar-refractivity contribution in [3.05, 3.63) is 16.6 Å². The monoisotopic (exact) mass is 369 g/mol. The molecule has 0 spiro atoms. The van der Waals surface area contributed by atoms with Gasteiger partial charge < -0.3 is 15.6 Å². The maximum atomic E-state index is 12.9. The van der Waals surface area contributed by atoms with Gasteiger partial charge in [-0.15, -0.1) is 11.3 Å². The summed E-state index contributed by atoms with van der Waals surface area (Å²) in [5.74, 6) is 0.0602. The van der Waals surface area contributed by atoms with E-state index in [-0.39, 0.29) is 5.92 Å². The molecule has 1 aromatic rings. The zero-order valence-electron chi connectivity index (χ0n) is 15.2. The molecule has 0 amide bonds. The van der Waals surface area contributed by atoms with Gasteiger partial charge in [0, 0.05) is 17.6 Å². The van der Waals surface area contributed by atoms with E-state index in [0.29, 0.717) is 24.0 Å². The molecule has 1 aliphatic carbocycles. The number of hydrogen-bond acceptors (Lipinski definition) is 7. The fourth-order valence-corrected chi connectivity index (χ4v) is 4.20. The summed E-state index contributed by atoms with van der Waals surface area (Å²) in [6.07, 6.45) is 6.71. The second-order valence-corrected chi connectivity index (χ2v) is 8.36. The number of ether oxygens (including phenoxy) is 1. The lowest BCUT2D eigenvalue weighted by Crippen LogP contribution is -2.58. The molecule has 0 radical (unpaired) electrons. The lowest BCUT2D eigenvalue weighted by Gasteiger charge is -2.35. The molecule has 1 aliphatic rings. The molecule has 7 heteroatoms. The van der Waals surface area contributed by atoms with Crippen molar-refractivity contribution in [1.29, 1.82) is 0 Å². The third-order valence-corrected chi connectivity index (χ3v) is 5.75. The number of aliphatic hydroxyl groups is 1. The van der Waals surface area contributed by atoms with E-state index in [1.54, 1.807) is 11.6 Å². The third kappa shape index (κ3) is 5.08. The molecular formula is C18H31N3O3S. The molecule has 1 heterocycles. The van der Waals surface area contributed by atoms with Gasteiger partial charge in [-0.1, -0.05) is 46.0 Å². The van der Waals surface area contributed by atoms with Crippen LogP contribution in [0, 0.1) is 11.8 Å². The number of aromatic nitrogens is 1. The average Bonchev–Trinajstić information content (AvgIpc) is 3.14. The van der Waals surface area contributed by atoms with Crippen LogP contribution in [0.2, 0.25) is 0 Å². The molecule has 6 nitrogen and oxygen atoms in total. The number of rotatable bonds is 9. The lowest BCUT2D eigenvalue weighted by atomic mass is 9.79. The van der Waals surface area contributed by atoms with Gasteiger partial charge in [0.2, 0.25) is 5.78 Å². The summed E-state index contributed by atoms with van der Waals surface area (Å²) in [6, 6.07) is -0.747. The molecule has 1 unspecified atom stereocenters. The van der Waals surface area contributed by atoms with Crippen LogP contribution in [-0.2, 0) is 15.1 Å². The number of nitrogens with zero attached hydrogens (tertiary/aromatic N) is 1. The van der Waals surface area contributed by atoms with Crippen LogP contribution in [-0.4, -0.2) is 34.8 Å². The van der Waals surface area contributed by atoms with Crippen LogP contribution in [0.25, 0.3) is 0 Å². The zero-order valence-corrected chi connectivity index (χ0v) is 16.0. The highest BCUT2D eigenvalue weighted by Crippen LogP contribution is 2.35. The molecule has 1 fully saturated rings.